The Morgan fingerprint density at radius 2 is 2.19 bits per heavy atom. The molecule has 16 heavy (non-hydrogen) atoms. The molecule has 1 amide bonds. The fraction of sp³-hybridized carbons (Fsp3) is 0.462. The summed E-state index contributed by atoms with van der Waals surface area (Å²) >= 11 is 0. The van der Waals surface area contributed by atoms with Gasteiger partial charge >= 0.3 is 0 Å². The number of carbonyl (C=O) groups excluding carboxylic acids is 1. The molecule has 3 nitrogen and oxygen atoms in total. The topological polar surface area (TPSA) is 40.5 Å². The SMILES string of the molecule is Cc1cccc(N(C)C(=O)CCC(C)O)c1. The second kappa shape index (κ2) is 5.66. The van der Waals surface area contributed by atoms with Crippen LogP contribution in [0, 0.1) is 6.92 Å². The Bertz CT molecular complexity index is 361. The number of rotatable bonds is 4. The predicted octanol–water partition coefficient (Wildman–Crippen LogP) is 2.12. The standard InChI is InChI=1S/C13H19NO2/c1-10-5-4-6-12(9-10)14(3)13(16)8-7-11(2)15/h4-6,9,11,15H,7-8H2,1-3H3. The van der Waals surface area contributed by atoms with Gasteiger partial charge in [0.05, 0.1) is 6.10 Å². The van der Waals surface area contributed by atoms with E-state index >= 15 is 0 Å². The summed E-state index contributed by atoms with van der Waals surface area (Å²) in [5.41, 5.74) is 2.03. The van der Waals surface area contributed by atoms with E-state index in [1.807, 2.05) is 31.2 Å². The average molecular weight is 221 g/mol. The van der Waals surface area contributed by atoms with Crippen LogP contribution in [0.1, 0.15) is 25.3 Å². The molecule has 1 N–H and O–H groups in total. The smallest absolute Gasteiger partial charge is 0.226 e. The molecule has 1 aromatic carbocycles. The van der Waals surface area contributed by atoms with Gasteiger partial charge in [-0.2, -0.15) is 0 Å². The number of aliphatic hydroxyl groups excluding tert-OH is 1. The first-order valence-electron chi connectivity index (χ1n) is 5.52. The van der Waals surface area contributed by atoms with Gasteiger partial charge in [-0.25, -0.2) is 0 Å². The van der Waals surface area contributed by atoms with E-state index in [2.05, 4.69) is 0 Å². The van der Waals surface area contributed by atoms with E-state index in [-0.39, 0.29) is 5.91 Å². The quantitative estimate of drug-likeness (QED) is 0.846. The van der Waals surface area contributed by atoms with Crippen LogP contribution in [0.5, 0.6) is 0 Å². The summed E-state index contributed by atoms with van der Waals surface area (Å²) in [5.74, 6) is 0.0338. The number of hydrogen-bond donors (Lipinski definition) is 1. The number of benzene rings is 1. The Balaban J connectivity index is 2.63. The lowest BCUT2D eigenvalue weighted by Crippen LogP contribution is -2.26. The number of aliphatic hydroxyl groups is 1. The van der Waals surface area contributed by atoms with E-state index < -0.39 is 6.10 Å². The Morgan fingerprint density at radius 3 is 2.75 bits per heavy atom. The highest BCUT2D eigenvalue weighted by atomic mass is 16.3. The van der Waals surface area contributed by atoms with Crippen LogP contribution in [-0.4, -0.2) is 24.2 Å². The summed E-state index contributed by atoms with van der Waals surface area (Å²) in [5, 5.41) is 9.13. The van der Waals surface area contributed by atoms with Crippen molar-refractivity contribution in [2.75, 3.05) is 11.9 Å². The molecular weight excluding hydrogens is 202 g/mol. The van der Waals surface area contributed by atoms with Gasteiger partial charge in [-0.1, -0.05) is 12.1 Å². The molecule has 1 unspecified atom stereocenters. The molecule has 0 aliphatic heterocycles. The minimum Gasteiger partial charge on any atom is -0.393 e. The fourth-order valence-corrected chi connectivity index (χ4v) is 1.48. The van der Waals surface area contributed by atoms with E-state index in [9.17, 15) is 4.79 Å². The van der Waals surface area contributed by atoms with E-state index in [0.29, 0.717) is 12.8 Å². The first-order chi connectivity index (χ1) is 7.50. The maximum atomic E-state index is 11.8. The molecular formula is C13H19NO2. The molecule has 1 aromatic rings. The number of amides is 1. The van der Waals surface area contributed by atoms with Gasteiger partial charge in [-0.15, -0.1) is 0 Å². The van der Waals surface area contributed by atoms with Gasteiger partial charge in [0.1, 0.15) is 0 Å². The highest BCUT2D eigenvalue weighted by Crippen LogP contribution is 2.15. The molecule has 3 heteroatoms. The van der Waals surface area contributed by atoms with E-state index in [0.717, 1.165) is 11.3 Å². The molecule has 0 saturated carbocycles. The molecule has 0 radical (unpaired) electrons. The molecule has 0 fully saturated rings. The molecule has 0 aromatic heterocycles. The molecule has 1 rings (SSSR count). The van der Waals surface area contributed by atoms with Crippen molar-refractivity contribution in [1.29, 1.82) is 0 Å². The monoisotopic (exact) mass is 221 g/mol. The van der Waals surface area contributed by atoms with Gasteiger partial charge in [-0.05, 0) is 38.0 Å². The lowest BCUT2D eigenvalue weighted by molar-refractivity contribution is -0.118. The normalized spacial score (nSPS) is 12.2. The predicted molar refractivity (Wildman–Crippen MR) is 65.5 cm³/mol. The van der Waals surface area contributed by atoms with Gasteiger partial charge in [-0.3, -0.25) is 4.79 Å². The molecule has 0 aliphatic carbocycles. The number of aryl methyl sites for hydroxylation is 1. The fourth-order valence-electron chi connectivity index (χ4n) is 1.48. The second-order valence-corrected chi connectivity index (χ2v) is 4.18. The number of carbonyl (C=O) groups is 1. The molecule has 1 atom stereocenters. The van der Waals surface area contributed by atoms with Gasteiger partial charge < -0.3 is 10.0 Å². The van der Waals surface area contributed by atoms with Crippen LogP contribution in [0.4, 0.5) is 5.69 Å². The maximum absolute atomic E-state index is 11.8. The van der Waals surface area contributed by atoms with E-state index in [4.69, 9.17) is 5.11 Å². The van der Waals surface area contributed by atoms with Crippen LogP contribution >= 0.6 is 0 Å². The van der Waals surface area contributed by atoms with Crippen molar-refractivity contribution < 1.29 is 9.90 Å². The zero-order chi connectivity index (χ0) is 12.1. The van der Waals surface area contributed by atoms with Gasteiger partial charge in [0.25, 0.3) is 0 Å². The molecule has 88 valence electrons. The van der Waals surface area contributed by atoms with E-state index in [1.54, 1.807) is 18.9 Å². The summed E-state index contributed by atoms with van der Waals surface area (Å²) in [7, 11) is 1.76. The summed E-state index contributed by atoms with van der Waals surface area (Å²) in [4.78, 5) is 13.4. The third-order valence-corrected chi connectivity index (χ3v) is 2.54. The van der Waals surface area contributed by atoms with Crippen molar-refractivity contribution in [1.82, 2.24) is 0 Å². The average Bonchev–Trinajstić information content (AvgIpc) is 2.24. The lowest BCUT2D eigenvalue weighted by atomic mass is 10.1. The Kier molecular flexibility index (Phi) is 4.50. The Morgan fingerprint density at radius 1 is 1.50 bits per heavy atom. The molecule has 0 bridgehead atoms. The minimum atomic E-state index is -0.421. The molecule has 0 spiro atoms. The van der Waals surface area contributed by atoms with Crippen molar-refractivity contribution in [2.45, 2.75) is 32.8 Å². The summed E-state index contributed by atoms with van der Waals surface area (Å²) in [6.45, 7) is 3.69. The number of anilines is 1. The third kappa shape index (κ3) is 3.66. The van der Waals surface area contributed by atoms with Gasteiger partial charge in [0, 0.05) is 19.2 Å². The van der Waals surface area contributed by atoms with Crippen molar-refractivity contribution in [3.8, 4) is 0 Å². The van der Waals surface area contributed by atoms with Crippen molar-refractivity contribution in [3.05, 3.63) is 29.8 Å². The summed E-state index contributed by atoms with van der Waals surface area (Å²) in [6, 6.07) is 7.81. The van der Waals surface area contributed by atoms with Crippen LogP contribution < -0.4 is 4.90 Å². The summed E-state index contributed by atoms with van der Waals surface area (Å²) in [6.07, 6.45) is 0.465. The van der Waals surface area contributed by atoms with Crippen molar-refractivity contribution in [2.24, 2.45) is 0 Å². The number of hydrogen-bond acceptors (Lipinski definition) is 2. The minimum absolute atomic E-state index is 0.0338. The Labute approximate surface area is 96.7 Å². The zero-order valence-electron chi connectivity index (χ0n) is 10.1. The first kappa shape index (κ1) is 12.7. The Hall–Kier alpha value is -1.35. The van der Waals surface area contributed by atoms with Crippen molar-refractivity contribution >= 4 is 11.6 Å². The van der Waals surface area contributed by atoms with Crippen LogP contribution in [0.25, 0.3) is 0 Å². The van der Waals surface area contributed by atoms with Gasteiger partial charge in [0.15, 0.2) is 0 Å². The van der Waals surface area contributed by atoms with Gasteiger partial charge in [0.2, 0.25) is 5.91 Å². The molecule has 0 aliphatic rings. The van der Waals surface area contributed by atoms with Crippen LogP contribution in [0.2, 0.25) is 0 Å². The van der Waals surface area contributed by atoms with Crippen LogP contribution in [-0.2, 0) is 4.79 Å². The number of nitrogens with zero attached hydrogens (tertiary/aromatic N) is 1. The molecule has 0 heterocycles. The largest absolute Gasteiger partial charge is 0.393 e. The van der Waals surface area contributed by atoms with Crippen LogP contribution in [0.3, 0.4) is 0 Å². The highest BCUT2D eigenvalue weighted by Gasteiger charge is 2.11. The first-order valence-corrected chi connectivity index (χ1v) is 5.52. The third-order valence-electron chi connectivity index (χ3n) is 2.54. The molecule has 0 saturated heterocycles. The lowest BCUT2D eigenvalue weighted by Gasteiger charge is -2.18. The second-order valence-electron chi connectivity index (χ2n) is 4.18. The maximum Gasteiger partial charge on any atom is 0.226 e. The highest BCUT2D eigenvalue weighted by molar-refractivity contribution is 5.92. The van der Waals surface area contributed by atoms with E-state index in [1.165, 1.54) is 0 Å². The zero-order valence-corrected chi connectivity index (χ0v) is 10.1. The van der Waals surface area contributed by atoms with Crippen LogP contribution in [0.15, 0.2) is 24.3 Å². The van der Waals surface area contributed by atoms with Crippen molar-refractivity contribution in [3.63, 3.8) is 0 Å². The summed E-state index contributed by atoms with van der Waals surface area (Å²) < 4.78 is 0.